The van der Waals surface area contributed by atoms with Crippen LogP contribution in [0.5, 0.6) is 0 Å². The number of anilines is 1. The van der Waals surface area contributed by atoms with Crippen molar-refractivity contribution in [2.45, 2.75) is 59.2 Å². The van der Waals surface area contributed by atoms with Gasteiger partial charge in [-0.15, -0.1) is 0 Å². The van der Waals surface area contributed by atoms with Gasteiger partial charge in [0.25, 0.3) is 0 Å². The lowest BCUT2D eigenvalue weighted by molar-refractivity contribution is -0.140. The van der Waals surface area contributed by atoms with Crippen LogP contribution in [0.15, 0.2) is 42.5 Å². The molecule has 0 aliphatic carbocycles. The summed E-state index contributed by atoms with van der Waals surface area (Å²) in [6.07, 6.45) is 2.11. The molecule has 2 rings (SSSR count). The summed E-state index contributed by atoms with van der Waals surface area (Å²) in [6.45, 7) is 7.25. The highest BCUT2D eigenvalue weighted by Gasteiger charge is 2.32. The number of hydrogen-bond acceptors (Lipinski definition) is 4. The van der Waals surface area contributed by atoms with E-state index in [4.69, 9.17) is 23.2 Å². The van der Waals surface area contributed by atoms with Crippen molar-refractivity contribution in [1.82, 2.24) is 10.2 Å². The summed E-state index contributed by atoms with van der Waals surface area (Å²) in [4.78, 5) is 28.2. The maximum Gasteiger partial charge on any atom is 0.244 e. The van der Waals surface area contributed by atoms with Crippen LogP contribution in [-0.2, 0) is 26.2 Å². The second-order valence-electron chi connectivity index (χ2n) is 8.62. The van der Waals surface area contributed by atoms with Gasteiger partial charge in [-0.2, -0.15) is 0 Å². The van der Waals surface area contributed by atoms with Crippen molar-refractivity contribution in [3.05, 3.63) is 63.6 Å². The van der Waals surface area contributed by atoms with E-state index in [1.165, 1.54) is 23.1 Å². The molecule has 0 saturated carbocycles. The first-order valence-corrected chi connectivity index (χ1v) is 14.1. The zero-order chi connectivity index (χ0) is 26.3. The quantitative estimate of drug-likeness (QED) is 0.443. The molecule has 0 aliphatic rings. The van der Waals surface area contributed by atoms with E-state index in [2.05, 4.69) is 5.32 Å². The van der Waals surface area contributed by atoms with Gasteiger partial charge in [0.05, 0.1) is 17.0 Å². The van der Waals surface area contributed by atoms with Gasteiger partial charge in [0, 0.05) is 17.6 Å². The van der Waals surface area contributed by atoms with Gasteiger partial charge < -0.3 is 10.2 Å². The fourth-order valence-electron chi connectivity index (χ4n) is 3.65. The molecule has 2 aromatic rings. The molecule has 2 amide bonds. The SMILES string of the molecule is CCC(C)NC(=O)C(CC)N(Cc1cccc(C)c1)C(=O)CN(c1ccc(Cl)cc1Cl)S(C)(=O)=O. The predicted molar refractivity (Wildman–Crippen MR) is 142 cm³/mol. The van der Waals surface area contributed by atoms with Crippen molar-refractivity contribution in [2.24, 2.45) is 0 Å². The van der Waals surface area contributed by atoms with E-state index in [-0.39, 0.29) is 29.2 Å². The third-order valence-corrected chi connectivity index (χ3v) is 7.34. The van der Waals surface area contributed by atoms with E-state index < -0.39 is 28.5 Å². The van der Waals surface area contributed by atoms with Gasteiger partial charge in [0.15, 0.2) is 0 Å². The van der Waals surface area contributed by atoms with Crippen LogP contribution in [0.4, 0.5) is 5.69 Å². The van der Waals surface area contributed by atoms with E-state index in [9.17, 15) is 18.0 Å². The van der Waals surface area contributed by atoms with Crippen LogP contribution >= 0.6 is 23.2 Å². The zero-order valence-corrected chi connectivity index (χ0v) is 23.0. The first kappa shape index (κ1) is 28.9. The van der Waals surface area contributed by atoms with Crippen LogP contribution in [0.1, 0.15) is 44.7 Å². The smallest absolute Gasteiger partial charge is 0.244 e. The van der Waals surface area contributed by atoms with Gasteiger partial charge in [-0.25, -0.2) is 8.42 Å². The Hall–Kier alpha value is -2.29. The Balaban J connectivity index is 2.47. The highest BCUT2D eigenvalue weighted by atomic mass is 35.5. The van der Waals surface area contributed by atoms with Crippen molar-refractivity contribution in [2.75, 3.05) is 17.1 Å². The number of carbonyl (C=O) groups excluding carboxylic acids is 2. The molecule has 0 radical (unpaired) electrons. The number of carbonyl (C=O) groups is 2. The topological polar surface area (TPSA) is 86.8 Å². The van der Waals surface area contributed by atoms with Gasteiger partial charge in [-0.05, 0) is 50.5 Å². The lowest BCUT2D eigenvalue weighted by Crippen LogP contribution is -2.53. The van der Waals surface area contributed by atoms with Gasteiger partial charge in [0.1, 0.15) is 12.6 Å². The summed E-state index contributed by atoms with van der Waals surface area (Å²) in [7, 11) is -3.88. The Labute approximate surface area is 218 Å². The molecule has 0 aliphatic heterocycles. The average molecular weight is 543 g/mol. The molecule has 192 valence electrons. The summed E-state index contributed by atoms with van der Waals surface area (Å²) in [6, 6.07) is 11.2. The minimum Gasteiger partial charge on any atom is -0.352 e. The summed E-state index contributed by atoms with van der Waals surface area (Å²) in [5.41, 5.74) is 1.99. The van der Waals surface area contributed by atoms with Crippen molar-refractivity contribution < 1.29 is 18.0 Å². The third kappa shape index (κ3) is 8.12. The Morgan fingerprint density at radius 1 is 1.06 bits per heavy atom. The summed E-state index contributed by atoms with van der Waals surface area (Å²) < 4.78 is 26.3. The number of nitrogens with one attached hydrogen (secondary N) is 1. The molecule has 0 spiro atoms. The Morgan fingerprint density at radius 3 is 2.29 bits per heavy atom. The fraction of sp³-hybridized carbons (Fsp3) is 0.440. The Bertz CT molecular complexity index is 1160. The molecule has 0 saturated heterocycles. The zero-order valence-electron chi connectivity index (χ0n) is 20.7. The van der Waals surface area contributed by atoms with E-state index in [1.54, 1.807) is 0 Å². The molecule has 0 aromatic heterocycles. The number of amides is 2. The van der Waals surface area contributed by atoms with Crippen molar-refractivity contribution in [3.63, 3.8) is 0 Å². The van der Waals surface area contributed by atoms with E-state index in [1.807, 2.05) is 52.0 Å². The number of hydrogen-bond donors (Lipinski definition) is 1. The van der Waals surface area contributed by atoms with Crippen LogP contribution in [0.3, 0.4) is 0 Å². The fourth-order valence-corrected chi connectivity index (χ4v) is 5.07. The molecule has 7 nitrogen and oxygen atoms in total. The summed E-state index contributed by atoms with van der Waals surface area (Å²) in [5, 5.41) is 3.38. The van der Waals surface area contributed by atoms with E-state index >= 15 is 0 Å². The highest BCUT2D eigenvalue weighted by molar-refractivity contribution is 7.92. The van der Waals surface area contributed by atoms with Crippen LogP contribution in [0, 0.1) is 6.92 Å². The Morgan fingerprint density at radius 2 is 1.74 bits per heavy atom. The summed E-state index contributed by atoms with van der Waals surface area (Å²) in [5.74, 6) is -0.799. The van der Waals surface area contributed by atoms with Crippen molar-refractivity contribution in [1.29, 1.82) is 0 Å². The molecular weight excluding hydrogens is 509 g/mol. The first-order valence-electron chi connectivity index (χ1n) is 11.5. The normalized spacial score (nSPS) is 13.1. The molecular formula is C25H33Cl2N3O4S. The van der Waals surface area contributed by atoms with Gasteiger partial charge in [-0.3, -0.25) is 13.9 Å². The molecule has 0 fully saturated rings. The number of nitrogens with zero attached hydrogens (tertiary/aromatic N) is 2. The first-order chi connectivity index (χ1) is 16.4. The molecule has 0 bridgehead atoms. The van der Waals surface area contributed by atoms with Crippen LogP contribution in [-0.4, -0.2) is 50.0 Å². The largest absolute Gasteiger partial charge is 0.352 e. The molecule has 0 heterocycles. The van der Waals surface area contributed by atoms with Gasteiger partial charge in [-0.1, -0.05) is 66.9 Å². The lowest BCUT2D eigenvalue weighted by atomic mass is 10.1. The second kappa shape index (κ2) is 12.6. The second-order valence-corrected chi connectivity index (χ2v) is 11.4. The highest BCUT2D eigenvalue weighted by Crippen LogP contribution is 2.30. The predicted octanol–water partition coefficient (Wildman–Crippen LogP) is 4.79. The van der Waals surface area contributed by atoms with E-state index in [0.29, 0.717) is 11.4 Å². The maximum atomic E-state index is 13.7. The van der Waals surface area contributed by atoms with Crippen LogP contribution in [0.2, 0.25) is 10.0 Å². The molecule has 10 heteroatoms. The minimum absolute atomic E-state index is 0.0622. The monoisotopic (exact) mass is 541 g/mol. The molecule has 2 aromatic carbocycles. The molecule has 2 atom stereocenters. The third-order valence-electron chi connectivity index (χ3n) is 5.68. The lowest BCUT2D eigenvalue weighted by Gasteiger charge is -2.33. The number of halogens is 2. The molecule has 35 heavy (non-hydrogen) atoms. The number of benzene rings is 2. The van der Waals surface area contributed by atoms with E-state index in [0.717, 1.165) is 28.1 Å². The average Bonchev–Trinajstić information content (AvgIpc) is 2.76. The molecule has 1 N–H and O–H groups in total. The van der Waals surface area contributed by atoms with Gasteiger partial charge >= 0.3 is 0 Å². The summed E-state index contributed by atoms with van der Waals surface area (Å²) >= 11 is 12.2. The number of sulfonamides is 1. The Kier molecular flexibility index (Phi) is 10.4. The number of rotatable bonds is 11. The maximum absolute atomic E-state index is 13.7. The van der Waals surface area contributed by atoms with Crippen molar-refractivity contribution in [3.8, 4) is 0 Å². The van der Waals surface area contributed by atoms with Crippen molar-refractivity contribution >= 4 is 50.7 Å². The minimum atomic E-state index is -3.88. The van der Waals surface area contributed by atoms with Crippen LogP contribution < -0.4 is 9.62 Å². The van der Waals surface area contributed by atoms with Crippen LogP contribution in [0.25, 0.3) is 0 Å². The van der Waals surface area contributed by atoms with Gasteiger partial charge in [0.2, 0.25) is 21.8 Å². The standard InChI is InChI=1S/C25H33Cl2N3O4S/c1-6-18(4)28-25(32)22(7-2)29(15-19-10-8-9-17(3)13-19)24(31)16-30(35(5,33)34)23-12-11-20(26)14-21(23)27/h8-14,18,22H,6-7,15-16H2,1-5H3,(H,28,32). The molecule has 2 unspecified atom stereocenters. The number of aryl methyl sites for hydroxylation is 1.